The number of anilines is 1. The Hall–Kier alpha value is -2.15. The number of ether oxygens (including phenoxy) is 2. The van der Waals surface area contributed by atoms with Gasteiger partial charge in [-0.15, -0.1) is 0 Å². The molecule has 0 bridgehead atoms. The van der Waals surface area contributed by atoms with Gasteiger partial charge in [0.1, 0.15) is 6.54 Å². The van der Waals surface area contributed by atoms with E-state index in [0.717, 1.165) is 25.9 Å². The highest BCUT2D eigenvalue weighted by molar-refractivity contribution is 6.01. The van der Waals surface area contributed by atoms with Crippen LogP contribution in [0.2, 0.25) is 0 Å². The second-order valence-electron chi connectivity index (χ2n) is 5.86. The minimum atomic E-state index is -0.258. The molecule has 1 aromatic rings. The Morgan fingerprint density at radius 3 is 3.13 bits per heavy atom. The van der Waals surface area contributed by atoms with E-state index in [-0.39, 0.29) is 31.1 Å². The first-order chi connectivity index (χ1) is 11.1. The molecule has 0 aliphatic carbocycles. The molecule has 7 nitrogen and oxygen atoms in total. The summed E-state index contributed by atoms with van der Waals surface area (Å²) in [6.07, 6.45) is 4.85. The van der Waals surface area contributed by atoms with Crippen molar-refractivity contribution in [3.05, 3.63) is 18.3 Å². The van der Waals surface area contributed by atoms with E-state index in [1.54, 1.807) is 30.3 Å². The average molecular weight is 319 g/mol. The quantitative estimate of drug-likeness (QED) is 0.822. The number of hydrogen-bond acceptors (Lipinski definition) is 5. The first kappa shape index (κ1) is 15.7. The van der Waals surface area contributed by atoms with Gasteiger partial charge in [0.25, 0.3) is 5.91 Å². The summed E-state index contributed by atoms with van der Waals surface area (Å²) < 4.78 is 11.0. The van der Waals surface area contributed by atoms with Crippen LogP contribution < -0.4 is 9.64 Å². The van der Waals surface area contributed by atoms with E-state index in [1.165, 1.54) is 4.90 Å². The fourth-order valence-corrected chi connectivity index (χ4v) is 2.81. The molecule has 124 valence electrons. The van der Waals surface area contributed by atoms with E-state index in [9.17, 15) is 9.59 Å². The molecule has 23 heavy (non-hydrogen) atoms. The molecular formula is C16H21N3O4. The van der Waals surface area contributed by atoms with Crippen LogP contribution in [-0.2, 0) is 14.3 Å². The number of amides is 2. The number of likely N-dealkylation sites (N-methyl/N-ethyl adjacent to an activating group) is 1. The van der Waals surface area contributed by atoms with E-state index in [1.807, 2.05) is 0 Å². The lowest BCUT2D eigenvalue weighted by molar-refractivity contribution is -0.132. The van der Waals surface area contributed by atoms with Gasteiger partial charge >= 0.3 is 0 Å². The Kier molecular flexibility index (Phi) is 4.76. The van der Waals surface area contributed by atoms with Gasteiger partial charge in [-0.1, -0.05) is 0 Å². The fraction of sp³-hybridized carbons (Fsp3) is 0.562. The summed E-state index contributed by atoms with van der Waals surface area (Å²) in [6.45, 7) is 1.20. The molecule has 0 radical (unpaired) electrons. The van der Waals surface area contributed by atoms with Crippen molar-refractivity contribution in [3.63, 3.8) is 0 Å². The van der Waals surface area contributed by atoms with Crippen LogP contribution in [0.3, 0.4) is 0 Å². The highest BCUT2D eigenvalue weighted by Gasteiger charge is 2.29. The number of pyridine rings is 1. The zero-order valence-electron chi connectivity index (χ0n) is 13.2. The van der Waals surface area contributed by atoms with Crippen molar-refractivity contribution in [2.45, 2.75) is 25.4 Å². The molecule has 1 unspecified atom stereocenters. The zero-order valence-corrected chi connectivity index (χ0v) is 13.2. The van der Waals surface area contributed by atoms with Crippen LogP contribution in [-0.4, -0.2) is 61.2 Å². The van der Waals surface area contributed by atoms with Crippen molar-refractivity contribution >= 4 is 17.6 Å². The van der Waals surface area contributed by atoms with E-state index in [4.69, 9.17) is 9.47 Å². The molecule has 2 aliphatic heterocycles. The van der Waals surface area contributed by atoms with Crippen LogP contribution in [0.5, 0.6) is 5.75 Å². The lowest BCUT2D eigenvalue weighted by Gasteiger charge is -2.31. The van der Waals surface area contributed by atoms with Gasteiger partial charge < -0.3 is 14.4 Å². The average Bonchev–Trinajstić information content (AvgIpc) is 2.58. The van der Waals surface area contributed by atoms with Crippen LogP contribution >= 0.6 is 0 Å². The number of aromatic nitrogens is 1. The summed E-state index contributed by atoms with van der Waals surface area (Å²) >= 11 is 0. The highest BCUT2D eigenvalue weighted by atomic mass is 16.5. The second kappa shape index (κ2) is 6.95. The largest absolute Gasteiger partial charge is 0.480 e. The molecular weight excluding hydrogens is 298 g/mol. The molecule has 1 fully saturated rings. The van der Waals surface area contributed by atoms with E-state index < -0.39 is 0 Å². The van der Waals surface area contributed by atoms with Gasteiger partial charge in [-0.2, -0.15) is 0 Å². The third-order valence-electron chi connectivity index (χ3n) is 4.13. The molecule has 0 N–H and O–H groups in total. The Bertz CT molecular complexity index is 586. The maximum absolute atomic E-state index is 12.4. The first-order valence-electron chi connectivity index (χ1n) is 7.89. The van der Waals surface area contributed by atoms with E-state index in [2.05, 4.69) is 4.98 Å². The topological polar surface area (TPSA) is 72.0 Å². The molecule has 7 heteroatoms. The van der Waals surface area contributed by atoms with E-state index >= 15 is 0 Å². The molecule has 1 atom stereocenters. The summed E-state index contributed by atoms with van der Waals surface area (Å²) in [6, 6.07) is 3.48. The smallest absolute Gasteiger partial charge is 0.266 e. The normalized spacial score (nSPS) is 20.7. The van der Waals surface area contributed by atoms with Crippen molar-refractivity contribution in [2.24, 2.45) is 0 Å². The maximum atomic E-state index is 12.4. The van der Waals surface area contributed by atoms with Crippen LogP contribution in [0.1, 0.15) is 19.3 Å². The SMILES string of the molecule is CN(CC1CCCCO1)C(=O)CN1C(=O)COc2cccnc21. The van der Waals surface area contributed by atoms with Gasteiger partial charge in [-0.25, -0.2) is 4.98 Å². The zero-order chi connectivity index (χ0) is 16.2. The van der Waals surface area contributed by atoms with Gasteiger partial charge in [0.05, 0.1) is 6.10 Å². The third kappa shape index (κ3) is 3.61. The first-order valence-corrected chi connectivity index (χ1v) is 7.89. The highest BCUT2D eigenvalue weighted by Crippen LogP contribution is 2.28. The van der Waals surface area contributed by atoms with Gasteiger partial charge in [0, 0.05) is 26.4 Å². The van der Waals surface area contributed by atoms with Gasteiger partial charge in [0.15, 0.2) is 18.2 Å². The summed E-state index contributed by atoms with van der Waals surface area (Å²) in [7, 11) is 1.74. The lowest BCUT2D eigenvalue weighted by atomic mass is 10.1. The number of carbonyl (C=O) groups excluding carboxylic acids is 2. The van der Waals surface area contributed by atoms with E-state index in [0.29, 0.717) is 18.1 Å². The number of rotatable bonds is 4. The second-order valence-corrected chi connectivity index (χ2v) is 5.86. The van der Waals surface area contributed by atoms with Crippen molar-refractivity contribution < 1.29 is 19.1 Å². The van der Waals surface area contributed by atoms with Crippen LogP contribution in [0.4, 0.5) is 5.82 Å². The van der Waals surface area contributed by atoms with Gasteiger partial charge in [-0.05, 0) is 31.4 Å². The van der Waals surface area contributed by atoms with Crippen molar-refractivity contribution in [1.29, 1.82) is 0 Å². The predicted molar refractivity (Wildman–Crippen MR) is 83.3 cm³/mol. The number of nitrogens with zero attached hydrogens (tertiary/aromatic N) is 3. The Labute approximate surface area is 135 Å². The number of fused-ring (bicyclic) bond motifs is 1. The molecule has 0 spiro atoms. The van der Waals surface area contributed by atoms with Gasteiger partial charge in [0.2, 0.25) is 5.91 Å². The molecule has 3 heterocycles. The minimum Gasteiger partial charge on any atom is -0.480 e. The minimum absolute atomic E-state index is 0.0323. The van der Waals surface area contributed by atoms with Crippen LogP contribution in [0, 0.1) is 0 Å². The van der Waals surface area contributed by atoms with Crippen molar-refractivity contribution in [1.82, 2.24) is 9.88 Å². The monoisotopic (exact) mass is 319 g/mol. The Morgan fingerprint density at radius 2 is 2.35 bits per heavy atom. The number of hydrogen-bond donors (Lipinski definition) is 0. The lowest BCUT2D eigenvalue weighted by Crippen LogP contribution is -2.47. The van der Waals surface area contributed by atoms with Crippen LogP contribution in [0.25, 0.3) is 0 Å². The molecule has 1 aromatic heterocycles. The predicted octanol–water partition coefficient (Wildman–Crippen LogP) is 0.834. The molecule has 2 aliphatic rings. The van der Waals surface area contributed by atoms with Crippen molar-refractivity contribution in [2.75, 3.05) is 38.3 Å². The Balaban J connectivity index is 1.63. The summed E-state index contributed by atoms with van der Waals surface area (Å²) in [5, 5.41) is 0. The fourth-order valence-electron chi connectivity index (χ4n) is 2.81. The van der Waals surface area contributed by atoms with Crippen LogP contribution in [0.15, 0.2) is 18.3 Å². The molecule has 0 saturated carbocycles. The molecule has 0 aromatic carbocycles. The molecule has 3 rings (SSSR count). The summed E-state index contributed by atoms with van der Waals surface area (Å²) in [5.74, 6) is 0.537. The summed E-state index contributed by atoms with van der Waals surface area (Å²) in [5.41, 5.74) is 0. The standard InChI is InChI=1S/C16H21N3O4/c1-18(9-12-5-2-3-8-22-12)14(20)10-19-15(21)11-23-13-6-4-7-17-16(13)19/h4,6-7,12H,2-3,5,8-11H2,1H3. The maximum Gasteiger partial charge on any atom is 0.266 e. The third-order valence-corrected chi connectivity index (χ3v) is 4.13. The number of carbonyl (C=O) groups is 2. The molecule has 1 saturated heterocycles. The Morgan fingerprint density at radius 1 is 1.48 bits per heavy atom. The van der Waals surface area contributed by atoms with Crippen molar-refractivity contribution in [3.8, 4) is 5.75 Å². The summed E-state index contributed by atoms with van der Waals surface area (Å²) in [4.78, 5) is 31.7. The molecule has 2 amide bonds. The van der Waals surface area contributed by atoms with Gasteiger partial charge in [-0.3, -0.25) is 14.5 Å².